The van der Waals surface area contributed by atoms with Crippen LogP contribution in [-0.2, 0) is 6.54 Å². The van der Waals surface area contributed by atoms with Crippen molar-refractivity contribution in [3.63, 3.8) is 0 Å². The molecule has 0 spiro atoms. The van der Waals surface area contributed by atoms with Crippen molar-refractivity contribution in [2.45, 2.75) is 12.8 Å². The number of anilines is 1. The topological polar surface area (TPSA) is 43.6 Å². The highest BCUT2D eigenvalue weighted by Crippen LogP contribution is 2.42. The molecule has 0 fully saturated rings. The molecule has 4 nitrogen and oxygen atoms in total. The average molecular weight is 253 g/mol. The van der Waals surface area contributed by atoms with Crippen molar-refractivity contribution < 1.29 is 22.7 Å². The van der Waals surface area contributed by atoms with Crippen molar-refractivity contribution in [2.24, 2.45) is 0 Å². The van der Waals surface area contributed by atoms with E-state index in [4.69, 9.17) is 4.42 Å². The molecular formula is C12H9F2NO3. The third kappa shape index (κ3) is 2.09. The standard InChI is InChI=1S/C12H9F2NO3/c13-12(14)17-10-4-3-8(6-11(10)18-12)15-7-9-2-1-5-16-9/h1-6,15H,7H2. The van der Waals surface area contributed by atoms with Crippen molar-refractivity contribution in [1.29, 1.82) is 0 Å². The van der Waals surface area contributed by atoms with Crippen LogP contribution < -0.4 is 14.8 Å². The molecule has 0 saturated carbocycles. The van der Waals surface area contributed by atoms with Crippen molar-refractivity contribution in [1.82, 2.24) is 0 Å². The van der Waals surface area contributed by atoms with E-state index in [-0.39, 0.29) is 11.5 Å². The lowest BCUT2D eigenvalue weighted by Gasteiger charge is -2.05. The van der Waals surface area contributed by atoms with Crippen LogP contribution in [0.2, 0.25) is 0 Å². The second-order valence-corrected chi connectivity index (χ2v) is 3.76. The van der Waals surface area contributed by atoms with E-state index in [0.717, 1.165) is 5.76 Å². The summed E-state index contributed by atoms with van der Waals surface area (Å²) >= 11 is 0. The van der Waals surface area contributed by atoms with Crippen molar-refractivity contribution in [3.8, 4) is 11.5 Å². The number of fused-ring (bicyclic) bond motifs is 1. The monoisotopic (exact) mass is 253 g/mol. The molecule has 0 aliphatic carbocycles. The Kier molecular flexibility index (Phi) is 2.36. The maximum absolute atomic E-state index is 12.8. The van der Waals surface area contributed by atoms with Gasteiger partial charge in [-0.15, -0.1) is 8.78 Å². The first kappa shape index (κ1) is 10.9. The Morgan fingerprint density at radius 1 is 1.11 bits per heavy atom. The summed E-state index contributed by atoms with van der Waals surface area (Å²) in [6.45, 7) is 0.461. The van der Waals surface area contributed by atoms with E-state index in [1.54, 1.807) is 18.4 Å². The Morgan fingerprint density at radius 3 is 2.72 bits per heavy atom. The molecular weight excluding hydrogens is 244 g/mol. The van der Waals surface area contributed by atoms with Crippen molar-refractivity contribution >= 4 is 5.69 Å². The van der Waals surface area contributed by atoms with Crippen LogP contribution in [0.25, 0.3) is 0 Å². The van der Waals surface area contributed by atoms with Crippen LogP contribution >= 0.6 is 0 Å². The molecule has 3 rings (SSSR count). The number of hydrogen-bond acceptors (Lipinski definition) is 4. The molecule has 0 radical (unpaired) electrons. The molecule has 0 bridgehead atoms. The summed E-state index contributed by atoms with van der Waals surface area (Å²) < 4.78 is 39.4. The van der Waals surface area contributed by atoms with Gasteiger partial charge < -0.3 is 19.2 Å². The van der Waals surface area contributed by atoms with Crippen LogP contribution in [0.15, 0.2) is 41.0 Å². The van der Waals surface area contributed by atoms with E-state index in [2.05, 4.69) is 14.8 Å². The van der Waals surface area contributed by atoms with Crippen LogP contribution in [0.3, 0.4) is 0 Å². The number of benzene rings is 1. The zero-order chi connectivity index (χ0) is 12.6. The summed E-state index contributed by atoms with van der Waals surface area (Å²) in [6, 6.07) is 8.11. The van der Waals surface area contributed by atoms with Crippen LogP contribution in [-0.4, -0.2) is 6.29 Å². The van der Waals surface area contributed by atoms with Gasteiger partial charge >= 0.3 is 6.29 Å². The van der Waals surface area contributed by atoms with Gasteiger partial charge in [0.2, 0.25) is 0 Å². The van der Waals surface area contributed by atoms with Gasteiger partial charge in [-0.25, -0.2) is 0 Å². The van der Waals surface area contributed by atoms with E-state index in [0.29, 0.717) is 12.2 Å². The van der Waals surface area contributed by atoms with Crippen molar-refractivity contribution in [3.05, 3.63) is 42.4 Å². The predicted octanol–water partition coefficient (Wildman–Crippen LogP) is 3.21. The molecule has 2 heterocycles. The minimum atomic E-state index is -3.58. The highest BCUT2D eigenvalue weighted by atomic mass is 19.3. The summed E-state index contributed by atoms with van der Waals surface area (Å²) in [5, 5.41) is 3.03. The third-order valence-corrected chi connectivity index (χ3v) is 2.45. The Balaban J connectivity index is 1.72. The number of hydrogen-bond donors (Lipinski definition) is 1. The van der Waals surface area contributed by atoms with E-state index >= 15 is 0 Å². The van der Waals surface area contributed by atoms with Gasteiger partial charge in [-0.2, -0.15) is 0 Å². The minimum absolute atomic E-state index is 0.0180. The van der Waals surface area contributed by atoms with E-state index in [1.807, 2.05) is 6.07 Å². The fourth-order valence-electron chi connectivity index (χ4n) is 1.66. The number of nitrogens with one attached hydrogen (secondary N) is 1. The molecule has 1 N–H and O–H groups in total. The summed E-state index contributed by atoms with van der Waals surface area (Å²) in [6.07, 6.45) is -2.01. The van der Waals surface area contributed by atoms with Crippen LogP contribution in [0.5, 0.6) is 11.5 Å². The predicted molar refractivity (Wildman–Crippen MR) is 58.7 cm³/mol. The van der Waals surface area contributed by atoms with Gasteiger partial charge in [-0.05, 0) is 24.3 Å². The summed E-state index contributed by atoms with van der Waals surface area (Å²) in [5.74, 6) is 0.797. The molecule has 0 saturated heterocycles. The molecule has 94 valence electrons. The summed E-state index contributed by atoms with van der Waals surface area (Å²) in [5.41, 5.74) is 0.645. The Hall–Kier alpha value is -2.24. The van der Waals surface area contributed by atoms with E-state index in [9.17, 15) is 8.78 Å². The smallest absolute Gasteiger partial charge is 0.467 e. The lowest BCUT2D eigenvalue weighted by Crippen LogP contribution is -2.25. The fraction of sp³-hybridized carbons (Fsp3) is 0.167. The second-order valence-electron chi connectivity index (χ2n) is 3.76. The highest BCUT2D eigenvalue weighted by molar-refractivity contribution is 5.55. The van der Waals surface area contributed by atoms with E-state index in [1.165, 1.54) is 12.1 Å². The van der Waals surface area contributed by atoms with Crippen LogP contribution in [0.1, 0.15) is 5.76 Å². The number of ether oxygens (including phenoxy) is 2. The zero-order valence-corrected chi connectivity index (χ0v) is 9.15. The third-order valence-electron chi connectivity index (χ3n) is 2.45. The zero-order valence-electron chi connectivity index (χ0n) is 9.15. The Morgan fingerprint density at radius 2 is 1.94 bits per heavy atom. The van der Waals surface area contributed by atoms with Gasteiger partial charge in [0, 0.05) is 11.8 Å². The van der Waals surface area contributed by atoms with Gasteiger partial charge in [-0.1, -0.05) is 0 Å². The SMILES string of the molecule is FC1(F)Oc2ccc(NCc3ccco3)cc2O1. The van der Waals surface area contributed by atoms with Crippen molar-refractivity contribution in [2.75, 3.05) is 5.32 Å². The normalized spacial score (nSPS) is 15.7. The van der Waals surface area contributed by atoms with Crippen LogP contribution in [0.4, 0.5) is 14.5 Å². The quantitative estimate of drug-likeness (QED) is 0.912. The molecule has 0 amide bonds. The first-order valence-electron chi connectivity index (χ1n) is 5.28. The summed E-state index contributed by atoms with van der Waals surface area (Å²) in [7, 11) is 0. The molecule has 6 heteroatoms. The van der Waals surface area contributed by atoms with Gasteiger partial charge in [0.1, 0.15) is 5.76 Å². The molecule has 18 heavy (non-hydrogen) atoms. The first-order chi connectivity index (χ1) is 8.62. The molecule has 0 unspecified atom stereocenters. The molecule has 1 aliphatic heterocycles. The lowest BCUT2D eigenvalue weighted by molar-refractivity contribution is -0.286. The number of halogens is 2. The summed E-state index contributed by atoms with van der Waals surface area (Å²) in [4.78, 5) is 0. The molecule has 2 aromatic rings. The number of furan rings is 1. The highest BCUT2D eigenvalue weighted by Gasteiger charge is 2.43. The first-order valence-corrected chi connectivity index (χ1v) is 5.28. The molecule has 1 aliphatic rings. The van der Waals surface area contributed by atoms with Gasteiger partial charge in [0.15, 0.2) is 11.5 Å². The maximum Gasteiger partial charge on any atom is 0.586 e. The second kappa shape index (κ2) is 3.90. The van der Waals surface area contributed by atoms with Gasteiger partial charge in [0.25, 0.3) is 0 Å². The molecule has 1 aromatic carbocycles. The number of alkyl halides is 2. The Labute approximate surface area is 101 Å². The molecule has 1 aromatic heterocycles. The fourth-order valence-corrected chi connectivity index (χ4v) is 1.66. The molecule has 0 atom stereocenters. The van der Waals surface area contributed by atoms with Gasteiger partial charge in [-0.3, -0.25) is 0 Å². The van der Waals surface area contributed by atoms with Gasteiger partial charge in [0.05, 0.1) is 12.8 Å². The largest absolute Gasteiger partial charge is 0.586 e. The van der Waals surface area contributed by atoms with E-state index < -0.39 is 6.29 Å². The van der Waals surface area contributed by atoms with Crippen LogP contribution in [0, 0.1) is 0 Å². The number of rotatable bonds is 3. The lowest BCUT2D eigenvalue weighted by atomic mass is 10.2. The minimum Gasteiger partial charge on any atom is -0.467 e. The maximum atomic E-state index is 12.8. The Bertz CT molecular complexity index is 554. The average Bonchev–Trinajstić information content (AvgIpc) is 2.90.